The van der Waals surface area contributed by atoms with Gasteiger partial charge in [-0.2, -0.15) is 0 Å². The van der Waals surface area contributed by atoms with Crippen LogP contribution in [-0.4, -0.2) is 21.8 Å². The summed E-state index contributed by atoms with van der Waals surface area (Å²) in [5.41, 5.74) is 20.6. The maximum atomic E-state index is 12.2. The molecule has 4 rings (SSSR count). The van der Waals surface area contributed by atoms with Gasteiger partial charge in [0.1, 0.15) is 11.4 Å². The zero-order chi connectivity index (χ0) is 26.3. The second kappa shape index (κ2) is 9.95. The van der Waals surface area contributed by atoms with E-state index in [-0.39, 0.29) is 11.4 Å². The molecular weight excluding hydrogens is 584 g/mol. The molecule has 0 aliphatic carbocycles. The third-order valence-electron chi connectivity index (χ3n) is 6.52. The van der Waals surface area contributed by atoms with Crippen LogP contribution >= 0.6 is 31.9 Å². The number of pyridine rings is 2. The monoisotopic (exact) mass is 606 g/mol. The van der Waals surface area contributed by atoms with Crippen LogP contribution in [-0.2, 0) is 0 Å². The summed E-state index contributed by atoms with van der Waals surface area (Å²) in [6, 6.07) is 11.9. The Bertz CT molecular complexity index is 1450. The first kappa shape index (κ1) is 25.7. The summed E-state index contributed by atoms with van der Waals surface area (Å²) in [6.07, 6.45) is 3.19. The second-order valence-corrected chi connectivity index (χ2v) is 10.3. The molecule has 8 heteroatoms. The maximum Gasteiger partial charge on any atom is 0.267 e. The fraction of sp³-hybridized carbons (Fsp3) is 0.143. The predicted molar refractivity (Wildman–Crippen MR) is 150 cm³/mol. The van der Waals surface area contributed by atoms with Crippen LogP contribution in [0.1, 0.15) is 43.2 Å². The molecule has 0 bridgehead atoms. The van der Waals surface area contributed by atoms with E-state index in [1.165, 1.54) is 0 Å². The Morgan fingerprint density at radius 1 is 0.611 bits per heavy atom. The molecule has 0 saturated heterocycles. The van der Waals surface area contributed by atoms with Crippen LogP contribution in [0.25, 0.3) is 33.4 Å². The number of benzene rings is 2. The number of nitrogens with two attached hydrogens (primary N) is 2. The van der Waals surface area contributed by atoms with Crippen LogP contribution in [0.15, 0.2) is 57.7 Å². The van der Waals surface area contributed by atoms with Crippen LogP contribution in [0.3, 0.4) is 0 Å². The van der Waals surface area contributed by atoms with Crippen LogP contribution in [0.2, 0.25) is 0 Å². The zero-order valence-corrected chi connectivity index (χ0v) is 23.4. The summed E-state index contributed by atoms with van der Waals surface area (Å²) in [7, 11) is 0. The van der Waals surface area contributed by atoms with E-state index in [4.69, 9.17) is 11.5 Å². The van der Waals surface area contributed by atoms with E-state index in [9.17, 15) is 9.59 Å². The summed E-state index contributed by atoms with van der Waals surface area (Å²) in [6.45, 7) is 7.89. The lowest BCUT2D eigenvalue weighted by atomic mass is 9.86. The van der Waals surface area contributed by atoms with Gasteiger partial charge in [-0.05, 0) is 104 Å². The van der Waals surface area contributed by atoms with E-state index in [1.807, 2.05) is 64.1 Å². The van der Waals surface area contributed by atoms with Crippen LogP contribution in [0, 0.1) is 27.7 Å². The molecule has 2 amide bonds. The van der Waals surface area contributed by atoms with E-state index in [1.54, 1.807) is 12.4 Å². The largest absolute Gasteiger partial charge is 0.364 e. The molecule has 0 aliphatic rings. The van der Waals surface area contributed by atoms with Gasteiger partial charge >= 0.3 is 0 Å². The van der Waals surface area contributed by atoms with E-state index >= 15 is 0 Å². The van der Waals surface area contributed by atoms with Crippen molar-refractivity contribution >= 4 is 43.7 Å². The minimum atomic E-state index is -0.583. The van der Waals surface area contributed by atoms with Crippen molar-refractivity contribution in [3.8, 4) is 33.4 Å². The highest BCUT2D eigenvalue weighted by Crippen LogP contribution is 2.41. The lowest BCUT2D eigenvalue weighted by molar-refractivity contribution is 0.0988. The van der Waals surface area contributed by atoms with Crippen molar-refractivity contribution in [1.29, 1.82) is 0 Å². The van der Waals surface area contributed by atoms with Crippen molar-refractivity contribution in [1.82, 2.24) is 9.97 Å². The van der Waals surface area contributed by atoms with Gasteiger partial charge in [0.2, 0.25) is 0 Å². The highest BCUT2D eigenvalue weighted by molar-refractivity contribution is 9.10. The summed E-state index contributed by atoms with van der Waals surface area (Å²) in [5, 5.41) is 0. The number of primary amides is 2. The zero-order valence-electron chi connectivity index (χ0n) is 20.2. The Balaban J connectivity index is 1.99. The lowest BCUT2D eigenvalue weighted by Gasteiger charge is -2.20. The van der Waals surface area contributed by atoms with Crippen molar-refractivity contribution in [3.63, 3.8) is 0 Å². The topological polar surface area (TPSA) is 112 Å². The molecule has 2 heterocycles. The number of carbonyl (C=O) groups is 2. The number of aromatic nitrogens is 2. The molecule has 0 unspecified atom stereocenters. The smallest absolute Gasteiger partial charge is 0.267 e. The van der Waals surface area contributed by atoms with Gasteiger partial charge in [-0.25, -0.2) is 9.97 Å². The van der Waals surface area contributed by atoms with Crippen molar-refractivity contribution in [2.45, 2.75) is 27.7 Å². The minimum absolute atomic E-state index is 0.225. The molecule has 182 valence electrons. The molecule has 0 spiro atoms. The van der Waals surface area contributed by atoms with Gasteiger partial charge in [-0.15, -0.1) is 0 Å². The molecule has 2 aromatic heterocycles. The molecule has 0 aliphatic heterocycles. The van der Waals surface area contributed by atoms with Gasteiger partial charge in [0.15, 0.2) is 0 Å². The summed E-state index contributed by atoms with van der Waals surface area (Å²) >= 11 is 7.06. The standard InChI is InChI=1S/C28H24Br2N4O2/c1-13-17(7-5-9-19(13)23-15(3)21(29)11-33-25(23)27(31)35)18-8-6-10-20(14(18)2)24-16(4)22(30)12-34-26(24)28(32)36/h5-12H,1-4H3,(H2,31,35)(H2,32,36). The number of amides is 2. The molecule has 0 radical (unpaired) electrons. The Hall–Kier alpha value is -3.36. The first-order valence-electron chi connectivity index (χ1n) is 11.1. The van der Waals surface area contributed by atoms with E-state index in [2.05, 4.69) is 41.8 Å². The third-order valence-corrected chi connectivity index (χ3v) is 8.12. The molecule has 2 aromatic carbocycles. The molecule has 6 nitrogen and oxygen atoms in total. The lowest BCUT2D eigenvalue weighted by Crippen LogP contribution is -2.16. The summed E-state index contributed by atoms with van der Waals surface area (Å²) in [5.74, 6) is -1.17. The Kier molecular flexibility index (Phi) is 7.11. The van der Waals surface area contributed by atoms with Crippen molar-refractivity contribution < 1.29 is 9.59 Å². The average molecular weight is 608 g/mol. The normalized spacial score (nSPS) is 10.9. The first-order valence-corrected chi connectivity index (χ1v) is 12.7. The number of hydrogen-bond donors (Lipinski definition) is 2. The molecule has 0 saturated carbocycles. The van der Waals surface area contributed by atoms with Crippen LogP contribution in [0.4, 0.5) is 0 Å². The van der Waals surface area contributed by atoms with Crippen molar-refractivity contribution in [2.75, 3.05) is 0 Å². The van der Waals surface area contributed by atoms with Gasteiger partial charge in [0.25, 0.3) is 11.8 Å². The van der Waals surface area contributed by atoms with Gasteiger partial charge in [0.05, 0.1) is 0 Å². The number of rotatable bonds is 5. The quantitative estimate of drug-likeness (QED) is 0.272. The van der Waals surface area contributed by atoms with Gasteiger partial charge in [-0.1, -0.05) is 36.4 Å². The van der Waals surface area contributed by atoms with Crippen LogP contribution in [0.5, 0.6) is 0 Å². The number of carbonyl (C=O) groups excluding carboxylic acids is 2. The third kappa shape index (κ3) is 4.35. The summed E-state index contributed by atoms with van der Waals surface area (Å²) < 4.78 is 1.59. The number of halogens is 2. The Labute approximate surface area is 226 Å². The van der Waals surface area contributed by atoms with Crippen LogP contribution < -0.4 is 11.5 Å². The molecule has 0 atom stereocenters. The van der Waals surface area contributed by atoms with Crippen molar-refractivity contribution in [2.24, 2.45) is 11.5 Å². The molecule has 4 aromatic rings. The number of hydrogen-bond acceptors (Lipinski definition) is 4. The fourth-order valence-corrected chi connectivity index (χ4v) is 5.19. The Morgan fingerprint density at radius 2 is 0.944 bits per heavy atom. The van der Waals surface area contributed by atoms with Gasteiger partial charge < -0.3 is 11.5 Å². The summed E-state index contributed by atoms with van der Waals surface area (Å²) in [4.78, 5) is 33.0. The fourth-order valence-electron chi connectivity index (χ4n) is 4.59. The molecular formula is C28H24Br2N4O2. The average Bonchev–Trinajstić information content (AvgIpc) is 2.83. The molecule has 4 N–H and O–H groups in total. The van der Waals surface area contributed by atoms with Gasteiger partial charge in [-0.3, -0.25) is 9.59 Å². The number of nitrogens with zero attached hydrogens (tertiary/aromatic N) is 2. The van der Waals surface area contributed by atoms with E-state index in [0.717, 1.165) is 53.5 Å². The SMILES string of the molecule is Cc1c(-c2cccc(-c3c(C(N)=O)ncc(Br)c3C)c2C)cccc1-c1c(C(N)=O)ncc(Br)c1C. The molecule has 0 fully saturated rings. The molecule has 36 heavy (non-hydrogen) atoms. The van der Waals surface area contributed by atoms with E-state index in [0.29, 0.717) is 11.1 Å². The maximum absolute atomic E-state index is 12.2. The van der Waals surface area contributed by atoms with Gasteiger partial charge in [0, 0.05) is 32.5 Å². The first-order chi connectivity index (χ1) is 17.0. The van der Waals surface area contributed by atoms with E-state index < -0.39 is 11.8 Å². The highest BCUT2D eigenvalue weighted by Gasteiger charge is 2.22. The highest BCUT2D eigenvalue weighted by atomic mass is 79.9. The van der Waals surface area contributed by atoms with Crippen molar-refractivity contribution in [3.05, 3.63) is 91.4 Å². The second-order valence-electron chi connectivity index (χ2n) is 8.59. The minimum Gasteiger partial charge on any atom is -0.364 e. The predicted octanol–water partition coefficient (Wildman–Crippen LogP) is 6.43. The Morgan fingerprint density at radius 3 is 1.28 bits per heavy atom.